The number of anilines is 2. The Bertz CT molecular complexity index is 1100. The van der Waals surface area contributed by atoms with Crippen LogP contribution in [-0.4, -0.2) is 63.1 Å². The van der Waals surface area contributed by atoms with E-state index in [4.69, 9.17) is 0 Å². The molecule has 8 nitrogen and oxygen atoms in total. The molecule has 0 bridgehead atoms. The average Bonchev–Trinajstić information content (AvgIpc) is 3.46. The van der Waals surface area contributed by atoms with Crippen molar-refractivity contribution in [3.8, 4) is 0 Å². The molecule has 3 aromatic rings. The molecule has 0 spiro atoms. The van der Waals surface area contributed by atoms with Crippen LogP contribution in [0, 0.1) is 19.8 Å². The summed E-state index contributed by atoms with van der Waals surface area (Å²) in [5, 5.41) is 7.42. The molecule has 1 aliphatic heterocycles. The van der Waals surface area contributed by atoms with Gasteiger partial charge in [-0.25, -0.2) is 9.50 Å². The Kier molecular flexibility index (Phi) is 5.31. The van der Waals surface area contributed by atoms with Gasteiger partial charge >= 0.3 is 0 Å². The molecule has 3 heterocycles. The van der Waals surface area contributed by atoms with E-state index >= 15 is 0 Å². The van der Waals surface area contributed by atoms with Gasteiger partial charge in [0.15, 0.2) is 5.82 Å². The van der Waals surface area contributed by atoms with Crippen LogP contribution in [0.15, 0.2) is 30.3 Å². The first kappa shape index (κ1) is 19.9. The fourth-order valence-electron chi connectivity index (χ4n) is 4.27. The number of hydrogen-bond donors (Lipinski definition) is 1. The number of amides is 1. The van der Waals surface area contributed by atoms with Crippen LogP contribution in [0.1, 0.15) is 30.1 Å². The summed E-state index contributed by atoms with van der Waals surface area (Å²) in [5.41, 5.74) is 3.80. The largest absolute Gasteiger partial charge is 0.369 e. The van der Waals surface area contributed by atoms with Gasteiger partial charge in [-0.1, -0.05) is 6.07 Å². The van der Waals surface area contributed by atoms with Crippen molar-refractivity contribution < 1.29 is 4.79 Å². The molecular formula is C23H29N7O. The van der Waals surface area contributed by atoms with E-state index in [0.717, 1.165) is 54.9 Å². The van der Waals surface area contributed by atoms with Crippen LogP contribution in [0.3, 0.4) is 0 Å². The highest BCUT2D eigenvalue weighted by Gasteiger charge is 2.26. The molecule has 0 radical (unpaired) electrons. The van der Waals surface area contributed by atoms with Crippen LogP contribution in [0.25, 0.3) is 5.78 Å². The first-order chi connectivity index (χ1) is 15.0. The van der Waals surface area contributed by atoms with E-state index < -0.39 is 0 Å². The zero-order valence-corrected chi connectivity index (χ0v) is 18.2. The maximum atomic E-state index is 12.6. The molecule has 162 valence electrons. The van der Waals surface area contributed by atoms with Crippen molar-refractivity contribution in [2.24, 2.45) is 5.92 Å². The van der Waals surface area contributed by atoms with Crippen molar-refractivity contribution in [1.82, 2.24) is 24.5 Å². The number of hydrogen-bond acceptors (Lipinski definition) is 6. The zero-order chi connectivity index (χ0) is 21.4. The Morgan fingerprint density at radius 3 is 2.68 bits per heavy atom. The fraction of sp³-hybridized carbons (Fsp3) is 0.478. The molecular weight excluding hydrogens is 390 g/mol. The predicted molar refractivity (Wildman–Crippen MR) is 120 cm³/mol. The Hall–Kier alpha value is -3.00. The number of fused-ring (bicyclic) bond motifs is 1. The number of rotatable bonds is 6. The minimum absolute atomic E-state index is 0.117. The van der Waals surface area contributed by atoms with Crippen LogP contribution < -0.4 is 10.2 Å². The summed E-state index contributed by atoms with van der Waals surface area (Å²) in [7, 11) is 0. The van der Waals surface area contributed by atoms with Crippen molar-refractivity contribution in [3.05, 3.63) is 47.5 Å². The number of carbonyl (C=O) groups excluding carboxylic acids is 1. The minimum atomic E-state index is -0.128. The van der Waals surface area contributed by atoms with Gasteiger partial charge in [0.25, 0.3) is 5.78 Å². The van der Waals surface area contributed by atoms with Gasteiger partial charge in [0, 0.05) is 55.5 Å². The maximum absolute atomic E-state index is 12.6. The summed E-state index contributed by atoms with van der Waals surface area (Å²) in [4.78, 5) is 26.4. The normalized spacial score (nSPS) is 17.3. The van der Waals surface area contributed by atoms with E-state index in [1.165, 1.54) is 19.4 Å². The number of nitrogens with one attached hydrogen (secondary N) is 1. The third-order valence-electron chi connectivity index (χ3n) is 6.06. The molecule has 2 fully saturated rings. The molecule has 1 aliphatic carbocycles. The number of carbonyl (C=O) groups is 1. The highest BCUT2D eigenvalue weighted by Crippen LogP contribution is 2.30. The topological polar surface area (TPSA) is 78.7 Å². The molecule has 1 aromatic carbocycles. The Morgan fingerprint density at radius 1 is 1.10 bits per heavy atom. The molecule has 2 aliphatic rings. The van der Waals surface area contributed by atoms with Crippen LogP contribution in [-0.2, 0) is 11.2 Å². The van der Waals surface area contributed by atoms with Crippen molar-refractivity contribution in [1.29, 1.82) is 0 Å². The maximum Gasteiger partial charge on any atom is 0.252 e. The second kappa shape index (κ2) is 8.26. The highest BCUT2D eigenvalue weighted by molar-refractivity contribution is 5.92. The van der Waals surface area contributed by atoms with Crippen molar-refractivity contribution in [2.45, 2.75) is 33.1 Å². The fourth-order valence-corrected chi connectivity index (χ4v) is 4.27. The Balaban J connectivity index is 1.20. The summed E-state index contributed by atoms with van der Waals surface area (Å²) in [5.74, 6) is 1.82. The molecule has 0 atom stereocenters. The van der Waals surface area contributed by atoms with Crippen molar-refractivity contribution >= 4 is 23.1 Å². The summed E-state index contributed by atoms with van der Waals surface area (Å²) in [6, 6.07) is 10.0. The first-order valence-corrected chi connectivity index (χ1v) is 11.1. The number of nitrogens with zero attached hydrogens (tertiary/aromatic N) is 6. The van der Waals surface area contributed by atoms with Crippen molar-refractivity contribution in [2.75, 3.05) is 42.9 Å². The monoisotopic (exact) mass is 419 g/mol. The van der Waals surface area contributed by atoms with Gasteiger partial charge in [0.1, 0.15) is 0 Å². The number of aromatic nitrogens is 4. The average molecular weight is 420 g/mol. The standard InChI is InChI=1S/C23H29N7O/c1-16-12-17(2)30-23(24-16)26-21(27-30)14-22(31)25-19-4-3-5-20(13-19)29-10-8-28(9-11-29)15-18-6-7-18/h3-5,12-13,18H,6-11,14-15H2,1-2H3,(H,25,31). The van der Waals surface area contributed by atoms with E-state index in [0.29, 0.717) is 11.6 Å². The van der Waals surface area contributed by atoms with Gasteiger partial charge in [-0.2, -0.15) is 4.98 Å². The number of aryl methyl sites for hydroxylation is 2. The third kappa shape index (κ3) is 4.69. The summed E-state index contributed by atoms with van der Waals surface area (Å²) in [6.45, 7) is 9.42. The van der Waals surface area contributed by atoms with Gasteiger partial charge in [-0.15, -0.1) is 5.10 Å². The van der Waals surface area contributed by atoms with Crippen LogP contribution in [0.5, 0.6) is 0 Å². The summed E-state index contributed by atoms with van der Waals surface area (Å²) >= 11 is 0. The quantitative estimate of drug-likeness (QED) is 0.661. The van der Waals surface area contributed by atoms with Crippen molar-refractivity contribution in [3.63, 3.8) is 0 Å². The lowest BCUT2D eigenvalue weighted by molar-refractivity contribution is -0.115. The molecule has 2 aromatic heterocycles. The minimum Gasteiger partial charge on any atom is -0.369 e. The third-order valence-corrected chi connectivity index (χ3v) is 6.06. The lowest BCUT2D eigenvalue weighted by Gasteiger charge is -2.36. The second-order valence-electron chi connectivity index (χ2n) is 8.79. The second-order valence-corrected chi connectivity index (χ2v) is 8.79. The van der Waals surface area contributed by atoms with E-state index in [2.05, 4.69) is 42.3 Å². The molecule has 31 heavy (non-hydrogen) atoms. The van der Waals surface area contributed by atoms with E-state index in [1.54, 1.807) is 4.52 Å². The molecule has 1 amide bonds. The Labute approximate surface area is 182 Å². The Morgan fingerprint density at radius 2 is 1.90 bits per heavy atom. The predicted octanol–water partition coefficient (Wildman–Crippen LogP) is 2.45. The van der Waals surface area contributed by atoms with Gasteiger partial charge in [0.2, 0.25) is 5.91 Å². The summed E-state index contributed by atoms with van der Waals surface area (Å²) < 4.78 is 1.68. The van der Waals surface area contributed by atoms with Gasteiger partial charge in [0.05, 0.1) is 6.42 Å². The SMILES string of the molecule is Cc1cc(C)n2nc(CC(=O)Nc3cccc(N4CCN(CC5CC5)CC4)c3)nc2n1. The lowest BCUT2D eigenvalue weighted by Crippen LogP contribution is -2.47. The van der Waals surface area contributed by atoms with Gasteiger partial charge in [-0.05, 0) is 56.9 Å². The van der Waals surface area contributed by atoms with E-state index in [9.17, 15) is 4.79 Å². The lowest BCUT2D eigenvalue weighted by atomic mass is 10.2. The molecule has 0 unspecified atom stereocenters. The summed E-state index contributed by atoms with van der Waals surface area (Å²) in [6.07, 6.45) is 2.93. The first-order valence-electron chi connectivity index (χ1n) is 11.1. The number of benzene rings is 1. The molecule has 8 heteroatoms. The van der Waals surface area contributed by atoms with Crippen LogP contribution in [0.4, 0.5) is 11.4 Å². The van der Waals surface area contributed by atoms with Crippen LogP contribution >= 0.6 is 0 Å². The zero-order valence-electron chi connectivity index (χ0n) is 18.2. The number of piperazine rings is 1. The van der Waals surface area contributed by atoms with Gasteiger partial charge < -0.3 is 10.2 Å². The smallest absolute Gasteiger partial charge is 0.252 e. The molecule has 1 saturated heterocycles. The molecule has 5 rings (SSSR count). The molecule has 1 saturated carbocycles. The molecule has 1 N–H and O–H groups in total. The highest BCUT2D eigenvalue weighted by atomic mass is 16.1. The van der Waals surface area contributed by atoms with E-state index in [-0.39, 0.29) is 12.3 Å². The van der Waals surface area contributed by atoms with Crippen LogP contribution in [0.2, 0.25) is 0 Å². The van der Waals surface area contributed by atoms with Gasteiger partial charge in [-0.3, -0.25) is 9.69 Å². The van der Waals surface area contributed by atoms with E-state index in [1.807, 2.05) is 32.0 Å².